The van der Waals surface area contributed by atoms with E-state index in [1.165, 1.54) is 28.0 Å². The fourth-order valence-electron chi connectivity index (χ4n) is 3.57. The molecule has 0 unspecified atom stereocenters. The van der Waals surface area contributed by atoms with Crippen molar-refractivity contribution in [2.75, 3.05) is 17.7 Å². The molecule has 31 heavy (non-hydrogen) atoms. The van der Waals surface area contributed by atoms with Crippen LogP contribution in [0.3, 0.4) is 0 Å². The van der Waals surface area contributed by atoms with Crippen molar-refractivity contribution < 1.29 is 14.3 Å². The Morgan fingerprint density at radius 3 is 2.84 bits per heavy atom. The maximum Gasteiger partial charge on any atom is 0.341 e. The molecule has 1 aliphatic rings. The number of thioether (sulfide) groups is 1. The molecule has 0 atom stereocenters. The third-order valence-corrected chi connectivity index (χ3v) is 7.22. The van der Waals surface area contributed by atoms with Crippen LogP contribution in [0.15, 0.2) is 17.2 Å². The van der Waals surface area contributed by atoms with Gasteiger partial charge in [-0.3, -0.25) is 4.79 Å². The first-order chi connectivity index (χ1) is 15.1. The molecule has 0 bridgehead atoms. The van der Waals surface area contributed by atoms with E-state index in [1.54, 1.807) is 13.0 Å². The predicted octanol–water partition coefficient (Wildman–Crippen LogP) is 5.14. The fourth-order valence-corrected chi connectivity index (χ4v) is 5.80. The van der Waals surface area contributed by atoms with Gasteiger partial charge in [-0.05, 0) is 56.7 Å². The average Bonchev–Trinajstić information content (AvgIpc) is 3.12. The van der Waals surface area contributed by atoms with E-state index in [1.807, 2.05) is 6.07 Å². The van der Waals surface area contributed by atoms with Gasteiger partial charge in [0.05, 0.1) is 17.7 Å². The number of nitrogens with one attached hydrogen (secondary N) is 1. The number of pyridine rings is 1. The first-order valence-electron chi connectivity index (χ1n) is 10.7. The number of amides is 1. The number of anilines is 1. The van der Waals surface area contributed by atoms with Gasteiger partial charge in [-0.2, -0.15) is 5.26 Å². The average molecular weight is 458 g/mol. The Hall–Kier alpha value is -2.37. The Labute approximate surface area is 191 Å². The van der Waals surface area contributed by atoms with Crippen LogP contribution in [0, 0.1) is 11.3 Å². The fraction of sp³-hybridized carbons (Fsp3) is 0.478. The van der Waals surface area contributed by atoms with E-state index in [9.17, 15) is 14.9 Å². The molecule has 0 saturated carbocycles. The summed E-state index contributed by atoms with van der Waals surface area (Å²) in [7, 11) is 0. The SMILES string of the molecule is CCCc1ccc(C#N)c(SCCC(=O)Nc2sc3c(c2C(=O)OCC)CCCC3)n1. The van der Waals surface area contributed by atoms with Gasteiger partial charge < -0.3 is 10.1 Å². The molecule has 2 heterocycles. The lowest BCUT2D eigenvalue weighted by Gasteiger charge is -2.12. The summed E-state index contributed by atoms with van der Waals surface area (Å²) in [5.41, 5.74) is 3.05. The second-order valence-corrected chi connectivity index (χ2v) is 9.49. The summed E-state index contributed by atoms with van der Waals surface area (Å²) in [6.45, 7) is 4.17. The smallest absolute Gasteiger partial charge is 0.341 e. The van der Waals surface area contributed by atoms with Gasteiger partial charge in [-0.15, -0.1) is 23.1 Å². The molecule has 2 aromatic rings. The van der Waals surface area contributed by atoms with Gasteiger partial charge in [-0.25, -0.2) is 9.78 Å². The van der Waals surface area contributed by atoms with Crippen molar-refractivity contribution in [1.29, 1.82) is 5.26 Å². The van der Waals surface area contributed by atoms with Crippen molar-refractivity contribution in [2.45, 2.75) is 63.8 Å². The van der Waals surface area contributed by atoms with Crippen LogP contribution in [0.4, 0.5) is 5.00 Å². The zero-order valence-corrected chi connectivity index (χ0v) is 19.6. The number of rotatable bonds is 9. The predicted molar refractivity (Wildman–Crippen MR) is 124 cm³/mol. The third-order valence-electron chi connectivity index (χ3n) is 5.02. The van der Waals surface area contributed by atoms with Gasteiger partial charge in [0.15, 0.2) is 0 Å². The second kappa shape index (κ2) is 11.3. The minimum absolute atomic E-state index is 0.153. The second-order valence-electron chi connectivity index (χ2n) is 7.30. The number of carbonyl (C=O) groups excluding carboxylic acids is 2. The summed E-state index contributed by atoms with van der Waals surface area (Å²) in [6.07, 6.45) is 6.05. The number of aromatic nitrogens is 1. The number of hydrogen-bond donors (Lipinski definition) is 1. The monoisotopic (exact) mass is 457 g/mol. The van der Waals surface area contributed by atoms with Crippen LogP contribution in [0.5, 0.6) is 0 Å². The number of thiophene rings is 1. The zero-order chi connectivity index (χ0) is 22.2. The topological polar surface area (TPSA) is 92.1 Å². The molecule has 6 nitrogen and oxygen atoms in total. The molecule has 2 aromatic heterocycles. The van der Waals surface area contributed by atoms with Crippen molar-refractivity contribution in [3.63, 3.8) is 0 Å². The molecular formula is C23H27N3O3S2. The lowest BCUT2D eigenvalue weighted by molar-refractivity contribution is -0.115. The first-order valence-corrected chi connectivity index (χ1v) is 12.5. The molecule has 3 rings (SSSR count). The first kappa shape index (κ1) is 23.3. The Balaban J connectivity index is 1.65. The highest BCUT2D eigenvalue weighted by atomic mass is 32.2. The number of aryl methyl sites for hydroxylation is 2. The van der Waals surface area contributed by atoms with Gasteiger partial charge in [0.25, 0.3) is 0 Å². The van der Waals surface area contributed by atoms with Gasteiger partial charge >= 0.3 is 5.97 Å². The van der Waals surface area contributed by atoms with Crippen LogP contribution in [-0.2, 0) is 28.8 Å². The van der Waals surface area contributed by atoms with Gasteiger partial charge in [0, 0.05) is 22.7 Å². The van der Waals surface area contributed by atoms with Crippen molar-refractivity contribution in [2.24, 2.45) is 0 Å². The zero-order valence-electron chi connectivity index (χ0n) is 18.0. The molecule has 8 heteroatoms. The summed E-state index contributed by atoms with van der Waals surface area (Å²) >= 11 is 2.91. The summed E-state index contributed by atoms with van der Waals surface area (Å²) in [5, 5.41) is 13.5. The quantitative estimate of drug-likeness (QED) is 0.414. The molecule has 1 N–H and O–H groups in total. The number of carbonyl (C=O) groups is 2. The van der Waals surface area contributed by atoms with Gasteiger partial charge in [-0.1, -0.05) is 13.3 Å². The van der Waals surface area contributed by atoms with Gasteiger partial charge in [0.1, 0.15) is 16.1 Å². The molecule has 0 saturated heterocycles. The molecule has 1 aliphatic carbocycles. The number of hydrogen-bond acceptors (Lipinski definition) is 7. The van der Waals surface area contributed by atoms with E-state index in [4.69, 9.17) is 4.74 Å². The van der Waals surface area contributed by atoms with E-state index in [0.29, 0.717) is 33.5 Å². The Bertz CT molecular complexity index is 995. The molecule has 1 amide bonds. The van der Waals surface area contributed by atoms with Crippen molar-refractivity contribution in [3.05, 3.63) is 39.4 Å². The largest absolute Gasteiger partial charge is 0.462 e. The van der Waals surface area contributed by atoms with E-state index >= 15 is 0 Å². The minimum atomic E-state index is -0.359. The number of nitriles is 1. The lowest BCUT2D eigenvalue weighted by Crippen LogP contribution is -2.16. The Kier molecular flexibility index (Phi) is 8.50. The number of fused-ring (bicyclic) bond motifs is 1. The summed E-state index contributed by atoms with van der Waals surface area (Å²) in [6, 6.07) is 5.85. The Morgan fingerprint density at radius 1 is 1.29 bits per heavy atom. The van der Waals surface area contributed by atoms with Crippen molar-refractivity contribution in [3.8, 4) is 6.07 Å². The standard InChI is InChI=1S/C23H27N3O3S2/c1-3-7-16-11-10-15(14-24)21(25-16)30-13-12-19(27)26-22-20(23(28)29-4-2)17-8-5-6-9-18(17)31-22/h10-11H,3-9,12-13H2,1-2H3,(H,26,27). The van der Waals surface area contributed by atoms with Crippen molar-refractivity contribution in [1.82, 2.24) is 4.98 Å². The third kappa shape index (κ3) is 5.86. The summed E-state index contributed by atoms with van der Waals surface area (Å²) in [4.78, 5) is 30.9. The van der Waals surface area contributed by atoms with E-state index < -0.39 is 0 Å². The number of nitrogens with zero attached hydrogens (tertiary/aromatic N) is 2. The Morgan fingerprint density at radius 2 is 2.10 bits per heavy atom. The van der Waals surface area contributed by atoms with E-state index in [2.05, 4.69) is 23.3 Å². The summed E-state index contributed by atoms with van der Waals surface area (Å²) < 4.78 is 5.24. The highest BCUT2D eigenvalue weighted by Crippen LogP contribution is 2.38. The van der Waals surface area contributed by atoms with Crippen LogP contribution in [-0.4, -0.2) is 29.2 Å². The molecule has 0 fully saturated rings. The van der Waals surface area contributed by atoms with Crippen molar-refractivity contribution >= 4 is 40.0 Å². The lowest BCUT2D eigenvalue weighted by atomic mass is 9.95. The molecule has 0 radical (unpaired) electrons. The van der Waals surface area contributed by atoms with E-state index in [-0.39, 0.29) is 18.3 Å². The molecule has 164 valence electrons. The van der Waals surface area contributed by atoms with Crippen LogP contribution < -0.4 is 5.32 Å². The van der Waals surface area contributed by atoms with Gasteiger partial charge in [0.2, 0.25) is 5.91 Å². The molecule has 0 aromatic carbocycles. The van der Waals surface area contributed by atoms with Crippen LogP contribution in [0.2, 0.25) is 0 Å². The highest BCUT2D eigenvalue weighted by molar-refractivity contribution is 7.99. The minimum Gasteiger partial charge on any atom is -0.462 e. The number of ether oxygens (including phenoxy) is 1. The maximum atomic E-state index is 12.6. The molecule has 0 aliphatic heterocycles. The maximum absolute atomic E-state index is 12.6. The highest BCUT2D eigenvalue weighted by Gasteiger charge is 2.27. The number of esters is 1. The van der Waals surface area contributed by atoms with Crippen LogP contribution in [0.1, 0.15) is 71.6 Å². The van der Waals surface area contributed by atoms with Crippen LogP contribution >= 0.6 is 23.1 Å². The van der Waals surface area contributed by atoms with Crippen LogP contribution in [0.25, 0.3) is 0 Å². The van der Waals surface area contributed by atoms with E-state index in [0.717, 1.165) is 49.8 Å². The molecule has 0 spiro atoms. The normalized spacial score (nSPS) is 12.7. The summed E-state index contributed by atoms with van der Waals surface area (Å²) in [5.74, 6) is -0.00910. The molecular weight excluding hydrogens is 430 g/mol.